The Morgan fingerprint density at radius 3 is 2.24 bits per heavy atom. The molecule has 6 N–H and O–H groups in total. The lowest BCUT2D eigenvalue weighted by molar-refractivity contribution is 0.0292. The molecule has 0 spiro atoms. The number of nitrogens with zero attached hydrogens (tertiary/aromatic N) is 2. The zero-order valence-electron chi connectivity index (χ0n) is 14.1. The number of hydrogen-bond donors (Lipinski definition) is 6. The summed E-state index contributed by atoms with van der Waals surface area (Å²) < 4.78 is 30.9. The minimum atomic E-state index is -4.72. The first-order valence-corrected chi connectivity index (χ1v) is 9.08. The maximum atomic E-state index is 12.7. The SMILES string of the molecule is O=c1cc2cc([S+](=O)(O)O)c(=NNc3cc(N(O)O)ccc3O)c(=O)c-2cc1=O. The van der Waals surface area contributed by atoms with Crippen LogP contribution >= 0.6 is 0 Å². The van der Waals surface area contributed by atoms with Crippen molar-refractivity contribution in [2.45, 2.75) is 4.90 Å². The van der Waals surface area contributed by atoms with Gasteiger partial charge in [-0.05, 0) is 34.0 Å². The summed E-state index contributed by atoms with van der Waals surface area (Å²) in [6, 6.07) is 5.60. The molecule has 12 nitrogen and oxygen atoms in total. The van der Waals surface area contributed by atoms with Crippen LogP contribution in [0.15, 0.2) is 60.8 Å². The second kappa shape index (κ2) is 7.16. The van der Waals surface area contributed by atoms with Crippen LogP contribution in [-0.4, -0.2) is 24.6 Å². The molecule has 0 unspecified atom stereocenters. The van der Waals surface area contributed by atoms with E-state index in [9.17, 15) is 32.8 Å². The molecule has 1 aromatic rings. The molecular weight excluding hydrogens is 410 g/mol. The molecule has 2 aliphatic rings. The van der Waals surface area contributed by atoms with Crippen LogP contribution < -0.4 is 32.3 Å². The van der Waals surface area contributed by atoms with E-state index < -0.39 is 42.8 Å². The van der Waals surface area contributed by atoms with Crippen LogP contribution in [-0.2, 0) is 14.7 Å². The number of fused-ring (bicyclic) bond motifs is 1. The number of rotatable bonds is 4. The summed E-state index contributed by atoms with van der Waals surface area (Å²) in [6.45, 7) is 0. The summed E-state index contributed by atoms with van der Waals surface area (Å²) in [5.74, 6) is -0.430. The predicted octanol–water partition coefficient (Wildman–Crippen LogP) is -0.230. The van der Waals surface area contributed by atoms with E-state index in [0.29, 0.717) is 0 Å². The minimum Gasteiger partial charge on any atom is -0.506 e. The smallest absolute Gasteiger partial charge is 0.388 e. The summed E-state index contributed by atoms with van der Waals surface area (Å²) in [4.78, 5) is 34.9. The van der Waals surface area contributed by atoms with Gasteiger partial charge in [-0.25, -0.2) is 0 Å². The van der Waals surface area contributed by atoms with E-state index in [-0.39, 0.29) is 27.7 Å². The van der Waals surface area contributed by atoms with Crippen molar-refractivity contribution in [1.29, 1.82) is 0 Å². The predicted molar refractivity (Wildman–Crippen MR) is 99.2 cm³/mol. The number of anilines is 2. The van der Waals surface area contributed by atoms with E-state index >= 15 is 0 Å². The van der Waals surface area contributed by atoms with Crippen LogP contribution in [0.2, 0.25) is 0 Å². The van der Waals surface area contributed by atoms with Gasteiger partial charge in [-0.1, -0.05) is 0 Å². The molecule has 0 heterocycles. The Morgan fingerprint density at radius 1 is 0.966 bits per heavy atom. The Labute approximate surface area is 161 Å². The first-order valence-electron chi connectivity index (χ1n) is 7.61. The van der Waals surface area contributed by atoms with E-state index in [1.807, 2.05) is 0 Å². The Bertz CT molecular complexity index is 1340. The summed E-state index contributed by atoms with van der Waals surface area (Å²) >= 11 is 0. The second-order valence-electron chi connectivity index (χ2n) is 5.78. The Balaban J connectivity index is 2.29. The lowest BCUT2D eigenvalue weighted by atomic mass is 10.0. The van der Waals surface area contributed by atoms with Gasteiger partial charge >= 0.3 is 10.5 Å². The fraction of sp³-hybridized carbons (Fsp3) is 0. The number of hydrogen-bond acceptors (Lipinski definition) is 10. The molecule has 0 atom stereocenters. The van der Waals surface area contributed by atoms with Gasteiger partial charge in [-0.15, -0.1) is 5.23 Å². The van der Waals surface area contributed by atoms with Gasteiger partial charge in [0.2, 0.25) is 16.3 Å². The first-order chi connectivity index (χ1) is 13.5. The van der Waals surface area contributed by atoms with Crippen LogP contribution in [0, 0.1) is 0 Å². The van der Waals surface area contributed by atoms with Crippen molar-refractivity contribution in [3.8, 4) is 16.9 Å². The highest BCUT2D eigenvalue weighted by Gasteiger charge is 2.32. The number of benzene rings is 3. The third-order valence-corrected chi connectivity index (χ3v) is 4.77. The lowest BCUT2D eigenvalue weighted by Crippen LogP contribution is -2.37. The Kier molecular flexibility index (Phi) is 5.00. The van der Waals surface area contributed by atoms with Crippen molar-refractivity contribution in [3.05, 3.63) is 72.4 Å². The Morgan fingerprint density at radius 2 is 1.62 bits per heavy atom. The minimum absolute atomic E-state index is 0.148. The quantitative estimate of drug-likeness (QED) is 0.140. The summed E-state index contributed by atoms with van der Waals surface area (Å²) in [6.07, 6.45) is 0. The van der Waals surface area contributed by atoms with Crippen molar-refractivity contribution < 1.29 is 28.8 Å². The first kappa shape index (κ1) is 20.2. The van der Waals surface area contributed by atoms with E-state index in [2.05, 4.69) is 10.5 Å². The molecule has 0 aromatic heterocycles. The van der Waals surface area contributed by atoms with Gasteiger partial charge in [0.15, 0.2) is 5.36 Å². The van der Waals surface area contributed by atoms with Gasteiger partial charge in [-0.2, -0.15) is 14.2 Å². The normalized spacial score (nSPS) is 12.3. The van der Waals surface area contributed by atoms with Gasteiger partial charge in [0, 0.05) is 17.7 Å². The molecule has 0 radical (unpaired) electrons. The van der Waals surface area contributed by atoms with Gasteiger partial charge in [0.05, 0.1) is 5.69 Å². The second-order valence-corrected chi connectivity index (χ2v) is 7.22. The molecule has 0 aliphatic heterocycles. The van der Waals surface area contributed by atoms with E-state index in [1.54, 1.807) is 0 Å². The Hall–Kier alpha value is -3.49. The monoisotopic (exact) mass is 422 g/mol. The van der Waals surface area contributed by atoms with Gasteiger partial charge < -0.3 is 5.11 Å². The standard InChI is InChI=1S/C16H11N3O9S/c20-11-2-1-8(19(24)25)5-10(11)17-18-15-14(29(26,27)28)4-7-3-12(21)13(22)6-9(7)16(15)23/h1-6,24-25H,(H3-,17,18,20,21,22,23,26,27,28)/p+1. The highest BCUT2D eigenvalue weighted by atomic mass is 32.3. The fourth-order valence-electron chi connectivity index (χ4n) is 2.50. The van der Waals surface area contributed by atoms with Crippen LogP contribution in [0.3, 0.4) is 0 Å². The topological polar surface area (TPSA) is 197 Å². The van der Waals surface area contributed by atoms with Gasteiger partial charge in [0.25, 0.3) is 4.90 Å². The number of aromatic hydroxyl groups is 1. The highest BCUT2D eigenvalue weighted by molar-refractivity contribution is 7.92. The molecule has 13 heteroatoms. The van der Waals surface area contributed by atoms with Crippen LogP contribution in [0.25, 0.3) is 11.1 Å². The number of phenolic OH excluding ortho intramolecular Hbond substituents is 1. The molecule has 0 bridgehead atoms. The lowest BCUT2D eigenvalue weighted by Gasteiger charge is -2.10. The molecule has 3 rings (SSSR count). The summed E-state index contributed by atoms with van der Waals surface area (Å²) in [5.41, 5.74) is -1.63. The highest BCUT2D eigenvalue weighted by Crippen LogP contribution is 2.27. The van der Waals surface area contributed by atoms with Crippen molar-refractivity contribution in [1.82, 2.24) is 0 Å². The molecular formula is C16H12N3O9S+. The maximum absolute atomic E-state index is 12.7. The number of nitrogens with one attached hydrogen (secondary N) is 1. The third-order valence-electron chi connectivity index (χ3n) is 3.88. The molecule has 2 aliphatic carbocycles. The van der Waals surface area contributed by atoms with E-state index in [1.165, 1.54) is 0 Å². The molecule has 29 heavy (non-hydrogen) atoms. The molecule has 0 saturated carbocycles. The maximum Gasteiger partial charge on any atom is 0.388 e. The summed E-state index contributed by atoms with van der Waals surface area (Å²) in [7, 11) is -4.72. The zero-order chi connectivity index (χ0) is 21.5. The van der Waals surface area contributed by atoms with Crippen LogP contribution in [0.5, 0.6) is 5.75 Å². The molecule has 0 saturated heterocycles. The summed E-state index contributed by atoms with van der Waals surface area (Å²) in [5, 5.41) is 30.5. The van der Waals surface area contributed by atoms with Crippen LogP contribution in [0.1, 0.15) is 0 Å². The third kappa shape index (κ3) is 3.89. The van der Waals surface area contributed by atoms with Crippen molar-refractivity contribution in [3.63, 3.8) is 0 Å². The van der Waals surface area contributed by atoms with Crippen molar-refractivity contribution in [2.75, 3.05) is 10.7 Å². The average molecular weight is 422 g/mol. The molecule has 1 aromatic carbocycles. The van der Waals surface area contributed by atoms with Crippen molar-refractivity contribution in [2.24, 2.45) is 5.10 Å². The largest absolute Gasteiger partial charge is 0.506 e. The van der Waals surface area contributed by atoms with Crippen LogP contribution in [0.4, 0.5) is 11.4 Å². The average Bonchev–Trinajstić information content (AvgIpc) is 2.62. The van der Waals surface area contributed by atoms with Gasteiger partial charge in [0.1, 0.15) is 11.4 Å². The molecule has 150 valence electrons. The molecule has 0 amide bonds. The fourth-order valence-corrected chi connectivity index (χ4v) is 3.17. The van der Waals surface area contributed by atoms with E-state index in [4.69, 9.17) is 10.4 Å². The van der Waals surface area contributed by atoms with Gasteiger partial charge in [-0.3, -0.25) is 30.2 Å². The molecule has 0 fully saturated rings. The number of phenols is 1. The van der Waals surface area contributed by atoms with Crippen molar-refractivity contribution >= 4 is 21.9 Å². The van der Waals surface area contributed by atoms with E-state index in [0.717, 1.165) is 36.4 Å². The zero-order valence-corrected chi connectivity index (χ0v) is 15.0.